The van der Waals surface area contributed by atoms with Crippen molar-refractivity contribution in [2.24, 2.45) is 0 Å². The maximum Gasteiger partial charge on any atom is 0.353 e. The van der Waals surface area contributed by atoms with E-state index in [2.05, 4.69) is 15.0 Å². The highest BCUT2D eigenvalue weighted by molar-refractivity contribution is 7.57. The van der Waals surface area contributed by atoms with E-state index in [1.54, 1.807) is 26.3 Å². The number of hydrogen-bond acceptors (Lipinski definition) is 9. The number of nitrogens with zero attached hydrogens (tertiary/aromatic N) is 4. The molecule has 2 atom stereocenters. The van der Waals surface area contributed by atoms with Crippen LogP contribution in [0.15, 0.2) is 24.5 Å². The predicted octanol–water partition coefficient (Wildman–Crippen LogP) is 3.10. The van der Waals surface area contributed by atoms with E-state index in [4.69, 9.17) is 24.3 Å². The molecule has 11 heteroatoms. The van der Waals surface area contributed by atoms with Gasteiger partial charge in [0.1, 0.15) is 11.8 Å². The van der Waals surface area contributed by atoms with E-state index in [-0.39, 0.29) is 19.5 Å². The van der Waals surface area contributed by atoms with E-state index in [0.29, 0.717) is 30.1 Å². The van der Waals surface area contributed by atoms with Crippen molar-refractivity contribution in [1.82, 2.24) is 19.5 Å². The zero-order valence-corrected chi connectivity index (χ0v) is 17.7. The van der Waals surface area contributed by atoms with Crippen LogP contribution in [0.2, 0.25) is 0 Å². The smallest absolute Gasteiger partial charge is 0.353 e. The Bertz CT molecular complexity index is 857. The summed E-state index contributed by atoms with van der Waals surface area (Å²) in [7, 11) is -3.34. The molecule has 0 bridgehead atoms. The SMILES string of the molecule is CCOP(=O)(C=C[C@@H](Cn1cnc2c(N)ncnc21)O[C@@H]1CCCCO1)OCC. The Morgan fingerprint density at radius 3 is 2.79 bits per heavy atom. The van der Waals surface area contributed by atoms with Crippen LogP contribution in [-0.2, 0) is 29.6 Å². The third kappa shape index (κ3) is 5.83. The molecule has 0 saturated carbocycles. The van der Waals surface area contributed by atoms with Gasteiger partial charge in [0, 0.05) is 12.4 Å². The van der Waals surface area contributed by atoms with Crippen LogP contribution < -0.4 is 5.73 Å². The quantitative estimate of drug-likeness (QED) is 0.572. The van der Waals surface area contributed by atoms with Crippen LogP contribution in [-0.4, -0.2) is 51.7 Å². The molecule has 160 valence electrons. The first-order valence-electron chi connectivity index (χ1n) is 9.81. The number of anilines is 1. The molecule has 1 saturated heterocycles. The minimum Gasteiger partial charge on any atom is -0.382 e. The summed E-state index contributed by atoms with van der Waals surface area (Å²) in [6.07, 6.45) is 6.80. The second kappa shape index (κ2) is 10.3. The van der Waals surface area contributed by atoms with Gasteiger partial charge in [-0.05, 0) is 39.2 Å². The van der Waals surface area contributed by atoms with E-state index in [0.717, 1.165) is 19.3 Å². The summed E-state index contributed by atoms with van der Waals surface area (Å²) >= 11 is 0. The molecule has 2 N–H and O–H groups in total. The van der Waals surface area contributed by atoms with Crippen molar-refractivity contribution < 1.29 is 23.1 Å². The minimum absolute atomic E-state index is 0.279. The second-order valence-electron chi connectivity index (χ2n) is 6.52. The van der Waals surface area contributed by atoms with Crippen molar-refractivity contribution in [3.63, 3.8) is 0 Å². The molecule has 1 aliphatic heterocycles. The van der Waals surface area contributed by atoms with Gasteiger partial charge in [-0.3, -0.25) is 4.57 Å². The molecule has 0 amide bonds. The fourth-order valence-electron chi connectivity index (χ4n) is 3.07. The lowest BCUT2D eigenvalue weighted by molar-refractivity contribution is -0.180. The van der Waals surface area contributed by atoms with E-state index in [1.807, 2.05) is 4.57 Å². The Kier molecular flexibility index (Phi) is 7.74. The Balaban J connectivity index is 1.82. The summed E-state index contributed by atoms with van der Waals surface area (Å²) in [6.45, 7) is 5.13. The first-order chi connectivity index (χ1) is 14.0. The van der Waals surface area contributed by atoms with Gasteiger partial charge in [-0.15, -0.1) is 0 Å². The topological polar surface area (TPSA) is 124 Å². The number of ether oxygens (including phenoxy) is 2. The average Bonchev–Trinajstić information content (AvgIpc) is 3.12. The molecule has 3 rings (SSSR count). The Hall–Kier alpha value is -1.84. The molecule has 0 spiro atoms. The van der Waals surface area contributed by atoms with Crippen LogP contribution in [0.25, 0.3) is 11.2 Å². The number of fused-ring (bicyclic) bond motifs is 1. The van der Waals surface area contributed by atoms with Crippen molar-refractivity contribution in [2.45, 2.75) is 52.0 Å². The summed E-state index contributed by atoms with van der Waals surface area (Å²) in [4.78, 5) is 12.5. The molecule has 1 fully saturated rings. The molecule has 2 aromatic rings. The third-order valence-corrected chi connectivity index (χ3v) is 6.15. The van der Waals surface area contributed by atoms with Crippen molar-refractivity contribution in [1.29, 1.82) is 0 Å². The average molecular weight is 425 g/mol. The summed E-state index contributed by atoms with van der Waals surface area (Å²) in [6, 6.07) is 0. The third-order valence-electron chi connectivity index (χ3n) is 4.37. The van der Waals surface area contributed by atoms with Crippen LogP contribution in [0, 0.1) is 0 Å². The van der Waals surface area contributed by atoms with Crippen LogP contribution in [0.1, 0.15) is 33.1 Å². The van der Waals surface area contributed by atoms with Gasteiger partial charge in [-0.1, -0.05) is 0 Å². The van der Waals surface area contributed by atoms with E-state index >= 15 is 0 Å². The molecule has 0 aliphatic carbocycles. The first-order valence-corrected chi connectivity index (χ1v) is 11.4. The standard InChI is InChI=1S/C18H28N5O5P/c1-3-26-29(24,27-4-2)10-8-14(28-15-7-5-6-9-25-15)11-23-13-22-16-17(19)20-12-21-18(16)23/h8,10,12-15H,3-7,9,11H2,1-2H3,(H2,19,20,21)/t14-,15+/m0/s1. The highest BCUT2D eigenvalue weighted by atomic mass is 31.2. The molecular weight excluding hydrogens is 397 g/mol. The largest absolute Gasteiger partial charge is 0.382 e. The van der Waals surface area contributed by atoms with E-state index in [1.165, 1.54) is 12.1 Å². The lowest BCUT2D eigenvalue weighted by Crippen LogP contribution is -2.29. The summed E-state index contributed by atoms with van der Waals surface area (Å²) in [5, 5.41) is 0. The highest BCUT2D eigenvalue weighted by Gasteiger charge is 2.23. The van der Waals surface area contributed by atoms with Gasteiger partial charge in [0.25, 0.3) is 0 Å². The molecule has 0 radical (unpaired) electrons. The maximum absolute atomic E-state index is 12.8. The second-order valence-corrected chi connectivity index (χ2v) is 8.41. The number of hydrogen-bond donors (Lipinski definition) is 1. The number of nitrogen functional groups attached to an aromatic ring is 1. The van der Waals surface area contributed by atoms with Crippen LogP contribution in [0.4, 0.5) is 5.82 Å². The lowest BCUT2D eigenvalue weighted by atomic mass is 10.2. The Morgan fingerprint density at radius 1 is 1.31 bits per heavy atom. The van der Waals surface area contributed by atoms with Crippen LogP contribution in [0.5, 0.6) is 0 Å². The minimum atomic E-state index is -3.34. The van der Waals surface area contributed by atoms with Gasteiger partial charge in [0.05, 0.1) is 32.2 Å². The molecule has 10 nitrogen and oxygen atoms in total. The zero-order valence-electron chi connectivity index (χ0n) is 16.8. The fourth-order valence-corrected chi connectivity index (χ4v) is 4.44. The monoisotopic (exact) mass is 425 g/mol. The normalized spacial score (nSPS) is 19.2. The highest BCUT2D eigenvalue weighted by Crippen LogP contribution is 2.49. The fraction of sp³-hybridized carbons (Fsp3) is 0.611. The summed E-state index contributed by atoms with van der Waals surface area (Å²) < 4.78 is 37.1. The molecule has 29 heavy (non-hydrogen) atoms. The summed E-state index contributed by atoms with van der Waals surface area (Å²) in [5.41, 5.74) is 7.00. The number of imidazole rings is 1. The molecular formula is C18H28N5O5P. The predicted molar refractivity (Wildman–Crippen MR) is 108 cm³/mol. The Morgan fingerprint density at radius 2 is 2.10 bits per heavy atom. The molecule has 3 heterocycles. The van der Waals surface area contributed by atoms with Gasteiger partial charge in [0.2, 0.25) is 0 Å². The molecule has 0 aromatic carbocycles. The number of rotatable bonds is 10. The molecule has 2 aromatic heterocycles. The van der Waals surface area contributed by atoms with Crippen molar-refractivity contribution >= 4 is 24.6 Å². The number of nitrogens with two attached hydrogens (primary N) is 1. The van der Waals surface area contributed by atoms with Crippen molar-refractivity contribution in [2.75, 3.05) is 25.6 Å². The lowest BCUT2D eigenvalue weighted by Gasteiger charge is -2.27. The molecule has 1 aliphatic rings. The van der Waals surface area contributed by atoms with Gasteiger partial charge < -0.3 is 28.8 Å². The van der Waals surface area contributed by atoms with Gasteiger partial charge in [0.15, 0.2) is 17.8 Å². The Labute approximate surface area is 169 Å². The van der Waals surface area contributed by atoms with E-state index < -0.39 is 13.7 Å². The molecule has 0 unspecified atom stereocenters. The van der Waals surface area contributed by atoms with Crippen LogP contribution >= 0.6 is 7.60 Å². The van der Waals surface area contributed by atoms with E-state index in [9.17, 15) is 4.57 Å². The van der Waals surface area contributed by atoms with Gasteiger partial charge in [-0.2, -0.15) is 0 Å². The zero-order chi connectivity index (χ0) is 20.7. The van der Waals surface area contributed by atoms with Crippen molar-refractivity contribution in [3.05, 3.63) is 24.5 Å². The van der Waals surface area contributed by atoms with Gasteiger partial charge >= 0.3 is 7.60 Å². The van der Waals surface area contributed by atoms with Crippen LogP contribution in [0.3, 0.4) is 0 Å². The number of aromatic nitrogens is 4. The maximum atomic E-state index is 12.8. The van der Waals surface area contributed by atoms with Crippen molar-refractivity contribution in [3.8, 4) is 0 Å². The first kappa shape index (κ1) is 21.9. The summed E-state index contributed by atoms with van der Waals surface area (Å²) in [5.74, 6) is 1.77. The van der Waals surface area contributed by atoms with Gasteiger partial charge in [-0.25, -0.2) is 15.0 Å².